The van der Waals surface area contributed by atoms with E-state index in [2.05, 4.69) is 0 Å². The normalized spacial score (nSPS) is 21.3. The molecule has 0 radical (unpaired) electrons. The van der Waals surface area contributed by atoms with Crippen LogP contribution in [0.1, 0.15) is 25.7 Å². The minimum absolute atomic E-state index is 0.119. The van der Waals surface area contributed by atoms with Gasteiger partial charge in [-0.25, -0.2) is 8.42 Å². The fourth-order valence-electron chi connectivity index (χ4n) is 2.45. The summed E-state index contributed by atoms with van der Waals surface area (Å²) in [5, 5.41) is 0. The van der Waals surface area contributed by atoms with Crippen molar-refractivity contribution < 1.29 is 8.42 Å². The summed E-state index contributed by atoms with van der Waals surface area (Å²) < 4.78 is 26.6. The largest absolute Gasteiger partial charge is 0.243 e. The molecule has 1 saturated heterocycles. The van der Waals surface area contributed by atoms with Crippen LogP contribution < -0.4 is 0 Å². The van der Waals surface area contributed by atoms with Crippen LogP contribution in [-0.4, -0.2) is 31.2 Å². The van der Waals surface area contributed by atoms with E-state index in [1.807, 2.05) is 6.07 Å². The summed E-state index contributed by atoms with van der Waals surface area (Å²) in [6.45, 7) is 0.629. The zero-order valence-corrected chi connectivity index (χ0v) is 11.8. The Bertz CT molecular complexity index is 475. The van der Waals surface area contributed by atoms with Crippen molar-refractivity contribution in [3.8, 4) is 0 Å². The Morgan fingerprint density at radius 3 is 2.67 bits per heavy atom. The molecule has 1 atom stereocenters. The lowest BCUT2D eigenvalue weighted by Crippen LogP contribution is -2.35. The highest BCUT2D eigenvalue weighted by Crippen LogP contribution is 2.28. The maximum absolute atomic E-state index is 12.5. The van der Waals surface area contributed by atoms with Gasteiger partial charge in [0.05, 0.1) is 4.90 Å². The number of alkyl halides is 1. The Labute approximate surface area is 114 Å². The molecule has 1 aliphatic rings. The van der Waals surface area contributed by atoms with E-state index in [1.54, 1.807) is 28.6 Å². The van der Waals surface area contributed by atoms with Crippen LogP contribution >= 0.6 is 11.6 Å². The number of sulfonamides is 1. The lowest BCUT2D eigenvalue weighted by atomic mass is 10.1. The number of hydrogen-bond donors (Lipinski definition) is 0. The zero-order valence-electron chi connectivity index (χ0n) is 10.3. The molecule has 1 unspecified atom stereocenters. The summed E-state index contributed by atoms with van der Waals surface area (Å²) >= 11 is 5.69. The molecule has 0 bridgehead atoms. The Balaban J connectivity index is 2.19. The first kappa shape index (κ1) is 13.8. The minimum Gasteiger partial charge on any atom is -0.207 e. The third kappa shape index (κ3) is 2.87. The van der Waals surface area contributed by atoms with Crippen molar-refractivity contribution in [2.24, 2.45) is 0 Å². The Hall–Kier alpha value is -0.580. The second-order valence-electron chi connectivity index (χ2n) is 4.56. The number of halogens is 1. The first-order chi connectivity index (χ1) is 8.66. The van der Waals surface area contributed by atoms with Crippen LogP contribution in [0.5, 0.6) is 0 Å². The maximum atomic E-state index is 12.5. The molecule has 1 fully saturated rings. The van der Waals surface area contributed by atoms with Gasteiger partial charge in [0.2, 0.25) is 10.0 Å². The van der Waals surface area contributed by atoms with Crippen molar-refractivity contribution in [1.29, 1.82) is 0 Å². The quantitative estimate of drug-likeness (QED) is 0.781. The molecule has 0 amide bonds. The number of hydrogen-bond acceptors (Lipinski definition) is 2. The van der Waals surface area contributed by atoms with Crippen molar-refractivity contribution in [3.05, 3.63) is 30.3 Å². The molecule has 1 aromatic rings. The van der Waals surface area contributed by atoms with E-state index in [0.717, 1.165) is 25.7 Å². The summed E-state index contributed by atoms with van der Waals surface area (Å²) in [7, 11) is -3.33. The van der Waals surface area contributed by atoms with Crippen LogP contribution in [0.4, 0.5) is 0 Å². The highest BCUT2D eigenvalue weighted by atomic mass is 35.5. The molecule has 1 heterocycles. The predicted octanol–water partition coefficient (Wildman–Crippen LogP) is 2.86. The van der Waals surface area contributed by atoms with E-state index in [1.165, 1.54) is 0 Å². The van der Waals surface area contributed by atoms with Gasteiger partial charge in [-0.05, 0) is 37.8 Å². The Morgan fingerprint density at radius 1 is 1.28 bits per heavy atom. The van der Waals surface area contributed by atoms with E-state index in [0.29, 0.717) is 17.3 Å². The monoisotopic (exact) mass is 287 g/mol. The zero-order chi connectivity index (χ0) is 13.0. The van der Waals surface area contributed by atoms with Gasteiger partial charge in [0, 0.05) is 18.5 Å². The third-order valence-electron chi connectivity index (χ3n) is 3.34. The van der Waals surface area contributed by atoms with Crippen LogP contribution in [-0.2, 0) is 10.0 Å². The fraction of sp³-hybridized carbons (Fsp3) is 0.538. The second kappa shape index (κ2) is 6.04. The fourth-order valence-corrected chi connectivity index (χ4v) is 4.35. The topological polar surface area (TPSA) is 37.4 Å². The van der Waals surface area contributed by atoms with Crippen molar-refractivity contribution in [3.63, 3.8) is 0 Å². The summed E-state index contributed by atoms with van der Waals surface area (Å²) in [6, 6.07) is 8.79. The Morgan fingerprint density at radius 2 is 2.00 bits per heavy atom. The van der Waals surface area contributed by atoms with Crippen LogP contribution in [0.2, 0.25) is 0 Å². The van der Waals surface area contributed by atoms with Crippen LogP contribution in [0, 0.1) is 0 Å². The third-order valence-corrected chi connectivity index (χ3v) is 5.58. The van der Waals surface area contributed by atoms with E-state index in [4.69, 9.17) is 11.6 Å². The van der Waals surface area contributed by atoms with Crippen molar-refractivity contribution >= 4 is 21.6 Å². The van der Waals surface area contributed by atoms with Gasteiger partial charge in [-0.3, -0.25) is 0 Å². The average Bonchev–Trinajstić information content (AvgIpc) is 2.86. The minimum atomic E-state index is -3.33. The number of rotatable bonds is 5. The summed E-state index contributed by atoms with van der Waals surface area (Å²) in [5.41, 5.74) is 0. The first-order valence-electron chi connectivity index (χ1n) is 6.29. The van der Waals surface area contributed by atoms with Gasteiger partial charge in [0.1, 0.15) is 0 Å². The molecule has 0 aromatic heterocycles. The molecule has 1 aliphatic heterocycles. The molecule has 0 aliphatic carbocycles. The highest BCUT2D eigenvalue weighted by Gasteiger charge is 2.34. The van der Waals surface area contributed by atoms with Gasteiger partial charge in [0.15, 0.2) is 0 Å². The molecule has 3 nitrogen and oxygen atoms in total. The Kier molecular flexibility index (Phi) is 4.65. The molecular formula is C13H18ClNO2S. The molecular weight excluding hydrogens is 270 g/mol. The predicted molar refractivity (Wildman–Crippen MR) is 73.3 cm³/mol. The molecule has 2 rings (SSSR count). The van der Waals surface area contributed by atoms with E-state index >= 15 is 0 Å². The number of nitrogens with zero attached hydrogens (tertiary/aromatic N) is 1. The van der Waals surface area contributed by atoms with Gasteiger partial charge < -0.3 is 0 Å². The SMILES string of the molecule is O=S(=O)(c1ccccc1)N1CCCC1CCCCl. The average molecular weight is 288 g/mol. The first-order valence-corrected chi connectivity index (χ1v) is 8.26. The van der Waals surface area contributed by atoms with Crippen LogP contribution in [0.15, 0.2) is 35.2 Å². The molecule has 1 aromatic carbocycles. The molecule has 0 saturated carbocycles. The van der Waals surface area contributed by atoms with E-state index in [9.17, 15) is 8.42 Å². The van der Waals surface area contributed by atoms with Gasteiger partial charge in [-0.1, -0.05) is 18.2 Å². The summed E-state index contributed by atoms with van der Waals surface area (Å²) in [6.07, 6.45) is 3.62. The number of benzene rings is 1. The smallest absolute Gasteiger partial charge is 0.207 e. The van der Waals surface area contributed by atoms with Gasteiger partial charge in [0.25, 0.3) is 0 Å². The molecule has 18 heavy (non-hydrogen) atoms. The summed E-state index contributed by atoms with van der Waals surface area (Å²) in [5.74, 6) is 0.593. The van der Waals surface area contributed by atoms with Crippen molar-refractivity contribution in [2.75, 3.05) is 12.4 Å². The molecule has 5 heteroatoms. The highest BCUT2D eigenvalue weighted by molar-refractivity contribution is 7.89. The second-order valence-corrected chi connectivity index (χ2v) is 6.82. The van der Waals surface area contributed by atoms with Gasteiger partial charge >= 0.3 is 0 Å². The maximum Gasteiger partial charge on any atom is 0.243 e. The van der Waals surface area contributed by atoms with Crippen LogP contribution in [0.25, 0.3) is 0 Å². The molecule has 100 valence electrons. The molecule has 0 spiro atoms. The molecule has 0 N–H and O–H groups in total. The lowest BCUT2D eigenvalue weighted by molar-refractivity contribution is 0.368. The van der Waals surface area contributed by atoms with Crippen molar-refractivity contribution in [2.45, 2.75) is 36.6 Å². The van der Waals surface area contributed by atoms with Crippen LogP contribution in [0.3, 0.4) is 0 Å². The van der Waals surface area contributed by atoms with Crippen molar-refractivity contribution in [1.82, 2.24) is 4.31 Å². The van der Waals surface area contributed by atoms with E-state index < -0.39 is 10.0 Å². The van der Waals surface area contributed by atoms with Gasteiger partial charge in [-0.15, -0.1) is 11.6 Å². The van der Waals surface area contributed by atoms with E-state index in [-0.39, 0.29) is 6.04 Å². The van der Waals surface area contributed by atoms with Gasteiger partial charge in [-0.2, -0.15) is 4.31 Å². The summed E-state index contributed by atoms with van der Waals surface area (Å²) in [4.78, 5) is 0.391. The standard InChI is InChI=1S/C13H18ClNO2S/c14-10-4-6-12-7-5-11-15(12)18(16,17)13-8-2-1-3-9-13/h1-3,8-9,12H,4-7,10-11H2. The lowest BCUT2D eigenvalue weighted by Gasteiger charge is -2.23.